The molecule has 0 bridgehead atoms. The Balaban J connectivity index is 2.23. The number of benzene rings is 1. The monoisotopic (exact) mass is 235 g/mol. The van der Waals surface area contributed by atoms with E-state index in [0.29, 0.717) is 6.42 Å². The molecule has 17 heavy (non-hydrogen) atoms. The van der Waals surface area contributed by atoms with E-state index >= 15 is 0 Å². The molecule has 4 nitrogen and oxygen atoms in total. The van der Waals surface area contributed by atoms with E-state index in [0.717, 1.165) is 11.4 Å². The van der Waals surface area contributed by atoms with Crippen molar-refractivity contribution in [2.45, 2.75) is 19.4 Å². The summed E-state index contributed by atoms with van der Waals surface area (Å²) in [5.74, 6) is 0.873. The average Bonchev–Trinajstić information content (AvgIpc) is 2.64. The lowest BCUT2D eigenvalue weighted by Crippen LogP contribution is -2.33. The largest absolute Gasteiger partial charge is 0.497 e. The number of anilines is 1. The van der Waals surface area contributed by atoms with Gasteiger partial charge in [0.1, 0.15) is 5.75 Å². The molecule has 2 unspecified atom stereocenters. The zero-order chi connectivity index (χ0) is 12.4. The standard InChI is InChI=1S/C13H17NO3/c1-9-10(8-15)7-13(16)14(9)11-3-5-12(17-2)6-4-11/h3-6,9-10,15H,7-8H2,1-2H3. The molecular formula is C13H17NO3. The van der Waals surface area contributed by atoms with Crippen LogP contribution in [0.2, 0.25) is 0 Å². The Hall–Kier alpha value is -1.55. The summed E-state index contributed by atoms with van der Waals surface area (Å²) in [7, 11) is 1.61. The smallest absolute Gasteiger partial charge is 0.227 e. The van der Waals surface area contributed by atoms with Crippen molar-refractivity contribution < 1.29 is 14.6 Å². The van der Waals surface area contributed by atoms with Crippen LogP contribution < -0.4 is 9.64 Å². The Bertz CT molecular complexity index is 402. The van der Waals surface area contributed by atoms with Gasteiger partial charge in [0, 0.05) is 30.7 Å². The molecule has 0 radical (unpaired) electrons. The van der Waals surface area contributed by atoms with E-state index in [-0.39, 0.29) is 24.5 Å². The molecule has 1 aliphatic heterocycles. The van der Waals surface area contributed by atoms with Crippen LogP contribution in [0, 0.1) is 5.92 Å². The van der Waals surface area contributed by atoms with E-state index in [1.54, 1.807) is 12.0 Å². The molecule has 1 amide bonds. The Kier molecular flexibility index (Phi) is 3.33. The van der Waals surface area contributed by atoms with Gasteiger partial charge in [0.05, 0.1) is 7.11 Å². The van der Waals surface area contributed by atoms with Crippen LogP contribution in [0.1, 0.15) is 13.3 Å². The predicted molar refractivity (Wildman–Crippen MR) is 65.1 cm³/mol. The van der Waals surface area contributed by atoms with Gasteiger partial charge in [-0.1, -0.05) is 0 Å². The first-order valence-corrected chi connectivity index (χ1v) is 5.74. The van der Waals surface area contributed by atoms with Crippen LogP contribution in [0.4, 0.5) is 5.69 Å². The molecule has 1 aromatic rings. The highest BCUT2D eigenvalue weighted by molar-refractivity contribution is 5.96. The molecule has 0 aliphatic carbocycles. The third-order valence-electron chi connectivity index (χ3n) is 3.38. The van der Waals surface area contributed by atoms with Gasteiger partial charge in [0.15, 0.2) is 0 Å². The Morgan fingerprint density at radius 1 is 1.41 bits per heavy atom. The fourth-order valence-corrected chi connectivity index (χ4v) is 2.27. The number of hydrogen-bond donors (Lipinski definition) is 1. The number of nitrogens with zero attached hydrogens (tertiary/aromatic N) is 1. The number of methoxy groups -OCH3 is 1. The molecule has 4 heteroatoms. The first-order valence-electron chi connectivity index (χ1n) is 5.74. The predicted octanol–water partition coefficient (Wildman–Crippen LogP) is 1.43. The SMILES string of the molecule is COc1ccc(N2C(=O)CC(CO)C2C)cc1. The number of aliphatic hydroxyl groups is 1. The summed E-state index contributed by atoms with van der Waals surface area (Å²) >= 11 is 0. The maximum absolute atomic E-state index is 11.9. The summed E-state index contributed by atoms with van der Waals surface area (Å²) in [5, 5.41) is 9.20. The quantitative estimate of drug-likeness (QED) is 0.862. The number of ether oxygens (including phenoxy) is 1. The number of hydrogen-bond acceptors (Lipinski definition) is 3. The fourth-order valence-electron chi connectivity index (χ4n) is 2.27. The van der Waals surface area contributed by atoms with Gasteiger partial charge in [-0.05, 0) is 31.2 Å². The maximum atomic E-state index is 11.9. The zero-order valence-corrected chi connectivity index (χ0v) is 10.1. The highest BCUT2D eigenvalue weighted by Gasteiger charge is 2.37. The molecule has 0 spiro atoms. The molecule has 1 aliphatic rings. The van der Waals surface area contributed by atoms with E-state index in [1.165, 1.54) is 0 Å². The van der Waals surface area contributed by atoms with Crippen LogP contribution in [0.3, 0.4) is 0 Å². The van der Waals surface area contributed by atoms with Gasteiger partial charge in [0.2, 0.25) is 5.91 Å². The Morgan fingerprint density at radius 2 is 2.06 bits per heavy atom. The number of amides is 1. The van der Waals surface area contributed by atoms with Crippen molar-refractivity contribution in [3.8, 4) is 5.75 Å². The van der Waals surface area contributed by atoms with Crippen LogP contribution >= 0.6 is 0 Å². The van der Waals surface area contributed by atoms with Crippen LogP contribution in [-0.4, -0.2) is 30.8 Å². The van der Waals surface area contributed by atoms with E-state index < -0.39 is 0 Å². The van der Waals surface area contributed by atoms with Crippen molar-refractivity contribution in [2.24, 2.45) is 5.92 Å². The lowest BCUT2D eigenvalue weighted by molar-refractivity contribution is -0.117. The maximum Gasteiger partial charge on any atom is 0.227 e. The normalized spacial score (nSPS) is 24.2. The molecule has 1 saturated heterocycles. The van der Waals surface area contributed by atoms with Crippen LogP contribution in [0.15, 0.2) is 24.3 Å². The number of carbonyl (C=O) groups is 1. The lowest BCUT2D eigenvalue weighted by atomic mass is 10.0. The molecule has 2 atom stereocenters. The summed E-state index contributed by atoms with van der Waals surface area (Å²) in [6, 6.07) is 7.45. The second-order valence-electron chi connectivity index (χ2n) is 4.35. The number of rotatable bonds is 3. The molecule has 0 saturated carbocycles. The van der Waals surface area contributed by atoms with Gasteiger partial charge in [-0.25, -0.2) is 0 Å². The molecule has 1 fully saturated rings. The second kappa shape index (κ2) is 4.75. The Morgan fingerprint density at radius 3 is 2.53 bits per heavy atom. The highest BCUT2D eigenvalue weighted by Crippen LogP contribution is 2.31. The second-order valence-corrected chi connectivity index (χ2v) is 4.35. The van der Waals surface area contributed by atoms with E-state index in [4.69, 9.17) is 4.74 Å². The molecule has 1 aromatic carbocycles. The van der Waals surface area contributed by atoms with Gasteiger partial charge in [-0.2, -0.15) is 0 Å². The summed E-state index contributed by atoms with van der Waals surface area (Å²) in [4.78, 5) is 13.6. The molecular weight excluding hydrogens is 218 g/mol. The minimum absolute atomic E-state index is 0.0320. The molecule has 0 aromatic heterocycles. The number of aliphatic hydroxyl groups excluding tert-OH is 1. The summed E-state index contributed by atoms with van der Waals surface area (Å²) in [5.41, 5.74) is 0.860. The van der Waals surface area contributed by atoms with Crippen molar-refractivity contribution in [3.05, 3.63) is 24.3 Å². The van der Waals surface area contributed by atoms with Crippen molar-refractivity contribution in [3.63, 3.8) is 0 Å². The van der Waals surface area contributed by atoms with Crippen molar-refractivity contribution in [1.29, 1.82) is 0 Å². The summed E-state index contributed by atoms with van der Waals surface area (Å²) in [6.07, 6.45) is 0.420. The van der Waals surface area contributed by atoms with Gasteiger partial charge in [-0.3, -0.25) is 4.79 Å². The summed E-state index contributed by atoms with van der Waals surface area (Å²) < 4.78 is 5.08. The molecule has 1 N–H and O–H groups in total. The fraction of sp³-hybridized carbons (Fsp3) is 0.462. The molecule has 1 heterocycles. The van der Waals surface area contributed by atoms with Crippen molar-refractivity contribution >= 4 is 11.6 Å². The van der Waals surface area contributed by atoms with Gasteiger partial charge >= 0.3 is 0 Å². The lowest BCUT2D eigenvalue weighted by Gasteiger charge is -2.24. The summed E-state index contributed by atoms with van der Waals surface area (Å²) in [6.45, 7) is 2.02. The third kappa shape index (κ3) is 2.13. The minimum atomic E-state index is 0.0320. The zero-order valence-electron chi connectivity index (χ0n) is 10.1. The first-order chi connectivity index (χ1) is 8.17. The first kappa shape index (κ1) is 11.9. The van der Waals surface area contributed by atoms with Gasteiger partial charge in [-0.15, -0.1) is 0 Å². The highest BCUT2D eigenvalue weighted by atomic mass is 16.5. The number of carbonyl (C=O) groups excluding carboxylic acids is 1. The third-order valence-corrected chi connectivity index (χ3v) is 3.38. The molecule has 2 rings (SSSR count). The van der Waals surface area contributed by atoms with Gasteiger partial charge < -0.3 is 14.7 Å². The van der Waals surface area contributed by atoms with Gasteiger partial charge in [0.25, 0.3) is 0 Å². The Labute approximate surface area is 101 Å². The molecule has 92 valence electrons. The van der Waals surface area contributed by atoms with E-state index in [2.05, 4.69) is 0 Å². The van der Waals surface area contributed by atoms with Crippen molar-refractivity contribution in [1.82, 2.24) is 0 Å². The minimum Gasteiger partial charge on any atom is -0.497 e. The topological polar surface area (TPSA) is 49.8 Å². The van der Waals surface area contributed by atoms with Crippen LogP contribution in [-0.2, 0) is 4.79 Å². The average molecular weight is 235 g/mol. The van der Waals surface area contributed by atoms with Crippen LogP contribution in [0.5, 0.6) is 5.75 Å². The van der Waals surface area contributed by atoms with E-state index in [9.17, 15) is 9.90 Å². The van der Waals surface area contributed by atoms with Crippen LogP contribution in [0.25, 0.3) is 0 Å². The van der Waals surface area contributed by atoms with Crippen molar-refractivity contribution in [2.75, 3.05) is 18.6 Å². The van der Waals surface area contributed by atoms with E-state index in [1.807, 2.05) is 31.2 Å².